The van der Waals surface area contributed by atoms with Crippen molar-refractivity contribution in [1.82, 2.24) is 10.5 Å². The molecule has 0 aromatic carbocycles. The highest BCUT2D eigenvalue weighted by atomic mass is 16.5. The number of hydrogen-bond donors (Lipinski definition) is 1. The summed E-state index contributed by atoms with van der Waals surface area (Å²) in [6.45, 7) is 8.19. The van der Waals surface area contributed by atoms with Crippen LogP contribution < -0.4 is 5.32 Å². The molecule has 3 rings (SSSR count). The summed E-state index contributed by atoms with van der Waals surface area (Å²) in [5.41, 5.74) is 1.93. The third-order valence-corrected chi connectivity index (χ3v) is 5.81. The molecule has 94 valence electrons. The first-order chi connectivity index (χ1) is 8.04. The van der Waals surface area contributed by atoms with Crippen LogP contribution in [0.4, 0.5) is 0 Å². The summed E-state index contributed by atoms with van der Waals surface area (Å²) in [5.74, 6) is 0.891. The van der Waals surface area contributed by atoms with E-state index in [4.69, 9.17) is 4.52 Å². The maximum Gasteiger partial charge on any atom is 0.124 e. The van der Waals surface area contributed by atoms with E-state index in [0.717, 1.165) is 18.2 Å². The SMILES string of the molecule is CC1(C)C2CCC1(C)C(NCc1ccon1)C2. The van der Waals surface area contributed by atoms with Gasteiger partial charge < -0.3 is 9.84 Å². The van der Waals surface area contributed by atoms with Crippen molar-refractivity contribution >= 4 is 0 Å². The minimum atomic E-state index is 0.446. The Morgan fingerprint density at radius 3 is 2.82 bits per heavy atom. The molecule has 0 amide bonds. The minimum absolute atomic E-state index is 0.446. The molecule has 1 aromatic rings. The molecule has 1 heterocycles. The summed E-state index contributed by atoms with van der Waals surface area (Å²) >= 11 is 0. The third kappa shape index (κ3) is 1.48. The first-order valence-corrected chi connectivity index (χ1v) is 6.67. The third-order valence-electron chi connectivity index (χ3n) is 5.81. The van der Waals surface area contributed by atoms with Gasteiger partial charge >= 0.3 is 0 Å². The zero-order chi connectivity index (χ0) is 12.1. The monoisotopic (exact) mass is 234 g/mol. The van der Waals surface area contributed by atoms with Crippen molar-refractivity contribution in [3.63, 3.8) is 0 Å². The van der Waals surface area contributed by atoms with Crippen molar-refractivity contribution in [2.45, 2.75) is 52.6 Å². The largest absolute Gasteiger partial charge is 0.364 e. The molecule has 2 saturated carbocycles. The van der Waals surface area contributed by atoms with Crippen LogP contribution in [-0.2, 0) is 6.54 Å². The van der Waals surface area contributed by atoms with Crippen LogP contribution in [0, 0.1) is 16.7 Å². The molecule has 0 radical (unpaired) electrons. The van der Waals surface area contributed by atoms with E-state index in [9.17, 15) is 0 Å². The zero-order valence-corrected chi connectivity index (χ0v) is 11.0. The van der Waals surface area contributed by atoms with Crippen LogP contribution in [0.25, 0.3) is 0 Å². The van der Waals surface area contributed by atoms with Crippen LogP contribution in [0.5, 0.6) is 0 Å². The van der Waals surface area contributed by atoms with Crippen LogP contribution >= 0.6 is 0 Å². The summed E-state index contributed by atoms with van der Waals surface area (Å²) in [6.07, 6.45) is 5.73. The predicted octanol–water partition coefficient (Wildman–Crippen LogP) is 2.98. The summed E-state index contributed by atoms with van der Waals surface area (Å²) in [7, 11) is 0. The second-order valence-electron chi connectivity index (χ2n) is 6.53. The molecule has 3 nitrogen and oxygen atoms in total. The lowest BCUT2D eigenvalue weighted by Crippen LogP contribution is -2.44. The molecule has 2 aliphatic carbocycles. The van der Waals surface area contributed by atoms with E-state index in [2.05, 4.69) is 31.2 Å². The van der Waals surface area contributed by atoms with Crippen LogP contribution in [0.3, 0.4) is 0 Å². The van der Waals surface area contributed by atoms with Crippen molar-refractivity contribution in [1.29, 1.82) is 0 Å². The molecule has 0 spiro atoms. The van der Waals surface area contributed by atoms with Crippen molar-refractivity contribution in [3.05, 3.63) is 18.0 Å². The van der Waals surface area contributed by atoms with E-state index >= 15 is 0 Å². The van der Waals surface area contributed by atoms with Gasteiger partial charge in [0.25, 0.3) is 0 Å². The Kier molecular flexibility index (Phi) is 2.37. The lowest BCUT2D eigenvalue weighted by Gasteiger charge is -2.39. The maximum absolute atomic E-state index is 4.87. The van der Waals surface area contributed by atoms with Crippen molar-refractivity contribution in [3.8, 4) is 0 Å². The van der Waals surface area contributed by atoms with Crippen molar-refractivity contribution in [2.24, 2.45) is 16.7 Å². The van der Waals surface area contributed by atoms with Gasteiger partial charge in [0, 0.05) is 18.7 Å². The summed E-state index contributed by atoms with van der Waals surface area (Å²) in [6, 6.07) is 2.57. The average Bonchev–Trinajstić information content (AvgIpc) is 2.91. The molecule has 1 aromatic heterocycles. The molecule has 3 atom stereocenters. The summed E-state index contributed by atoms with van der Waals surface area (Å²) in [4.78, 5) is 0. The average molecular weight is 234 g/mol. The van der Waals surface area contributed by atoms with Gasteiger partial charge in [0.05, 0.1) is 5.69 Å². The van der Waals surface area contributed by atoms with E-state index in [1.54, 1.807) is 6.26 Å². The molecule has 2 fully saturated rings. The van der Waals surface area contributed by atoms with Gasteiger partial charge in [0.1, 0.15) is 6.26 Å². The van der Waals surface area contributed by atoms with Gasteiger partial charge in [-0.15, -0.1) is 0 Å². The highest BCUT2D eigenvalue weighted by molar-refractivity contribution is 5.13. The van der Waals surface area contributed by atoms with Gasteiger partial charge in [0.15, 0.2) is 0 Å². The van der Waals surface area contributed by atoms with E-state index in [0.29, 0.717) is 16.9 Å². The molecule has 17 heavy (non-hydrogen) atoms. The van der Waals surface area contributed by atoms with Gasteiger partial charge in [0.2, 0.25) is 0 Å². The quantitative estimate of drug-likeness (QED) is 0.873. The molecule has 3 unspecified atom stereocenters. The fourth-order valence-electron chi connectivity index (χ4n) is 4.07. The maximum atomic E-state index is 4.87. The zero-order valence-electron chi connectivity index (χ0n) is 11.0. The lowest BCUT2D eigenvalue weighted by molar-refractivity contribution is 0.120. The highest BCUT2D eigenvalue weighted by Gasteiger charge is 2.60. The smallest absolute Gasteiger partial charge is 0.124 e. The van der Waals surface area contributed by atoms with Gasteiger partial charge in [-0.05, 0) is 36.0 Å². The molecule has 3 heteroatoms. The van der Waals surface area contributed by atoms with E-state index in [1.807, 2.05) is 6.07 Å². The van der Waals surface area contributed by atoms with Crippen LogP contribution in [0.1, 0.15) is 45.7 Å². The second kappa shape index (κ2) is 3.58. The fraction of sp³-hybridized carbons (Fsp3) is 0.786. The van der Waals surface area contributed by atoms with Gasteiger partial charge in [-0.3, -0.25) is 0 Å². The molecular weight excluding hydrogens is 212 g/mol. The number of nitrogens with one attached hydrogen (secondary N) is 1. The Labute approximate surface area is 103 Å². The van der Waals surface area contributed by atoms with Gasteiger partial charge in [-0.1, -0.05) is 25.9 Å². The van der Waals surface area contributed by atoms with Crippen molar-refractivity contribution < 1.29 is 4.52 Å². The summed E-state index contributed by atoms with van der Waals surface area (Å²) in [5, 5.41) is 7.65. The molecule has 1 N–H and O–H groups in total. The number of nitrogens with zero attached hydrogens (tertiary/aromatic N) is 1. The van der Waals surface area contributed by atoms with E-state index in [-0.39, 0.29) is 0 Å². The number of fused-ring (bicyclic) bond motifs is 2. The first kappa shape index (κ1) is 11.3. The Hall–Kier alpha value is -0.830. The Balaban J connectivity index is 1.70. The first-order valence-electron chi connectivity index (χ1n) is 6.67. The van der Waals surface area contributed by atoms with Crippen LogP contribution in [0.2, 0.25) is 0 Å². The van der Waals surface area contributed by atoms with Gasteiger partial charge in [-0.25, -0.2) is 0 Å². The normalized spacial score (nSPS) is 38.8. The van der Waals surface area contributed by atoms with E-state index in [1.165, 1.54) is 19.3 Å². The molecule has 2 bridgehead atoms. The Bertz CT molecular complexity index is 398. The van der Waals surface area contributed by atoms with E-state index < -0.39 is 0 Å². The molecular formula is C14H22N2O. The molecule has 2 aliphatic rings. The predicted molar refractivity (Wildman–Crippen MR) is 66.4 cm³/mol. The number of aromatic nitrogens is 1. The number of hydrogen-bond acceptors (Lipinski definition) is 3. The summed E-state index contributed by atoms with van der Waals surface area (Å²) < 4.78 is 4.87. The van der Waals surface area contributed by atoms with Gasteiger partial charge in [-0.2, -0.15) is 0 Å². The second-order valence-corrected chi connectivity index (χ2v) is 6.53. The Morgan fingerprint density at radius 1 is 1.47 bits per heavy atom. The fourth-order valence-corrected chi connectivity index (χ4v) is 4.07. The number of rotatable bonds is 3. The standard InChI is InChI=1S/C14H22N2O/c1-13(2)10-4-6-14(13,3)12(8-10)15-9-11-5-7-17-16-11/h5,7,10,12,15H,4,6,8-9H2,1-3H3. The van der Waals surface area contributed by atoms with Crippen molar-refractivity contribution in [2.75, 3.05) is 0 Å². The lowest BCUT2D eigenvalue weighted by atomic mass is 9.69. The molecule has 0 aliphatic heterocycles. The Morgan fingerprint density at radius 2 is 2.29 bits per heavy atom. The molecule has 0 saturated heterocycles. The van der Waals surface area contributed by atoms with Crippen LogP contribution in [0.15, 0.2) is 16.9 Å². The minimum Gasteiger partial charge on any atom is -0.364 e. The van der Waals surface area contributed by atoms with Crippen LogP contribution in [-0.4, -0.2) is 11.2 Å². The highest BCUT2D eigenvalue weighted by Crippen LogP contribution is 2.65. The topological polar surface area (TPSA) is 38.1 Å².